The monoisotopic (exact) mass is 353 g/mol. The number of hydrogen-bond acceptors (Lipinski definition) is 3. The van der Waals surface area contributed by atoms with E-state index >= 15 is 0 Å². The molecule has 0 bridgehead atoms. The highest BCUT2D eigenvalue weighted by molar-refractivity contribution is 5.95. The number of rotatable bonds is 3. The van der Waals surface area contributed by atoms with Crippen LogP contribution in [0.3, 0.4) is 0 Å². The number of fused-ring (bicyclic) bond motifs is 1. The molecule has 1 heterocycles. The second kappa shape index (κ2) is 6.90. The lowest BCUT2D eigenvalue weighted by atomic mass is 9.80. The number of carbonyl (C=O) groups is 1. The highest BCUT2D eigenvalue weighted by atomic mass is 19.1. The van der Waals surface area contributed by atoms with Gasteiger partial charge in [0, 0.05) is 18.3 Å². The van der Waals surface area contributed by atoms with Crippen molar-refractivity contribution < 1.29 is 9.18 Å². The Labute approximate surface area is 153 Å². The van der Waals surface area contributed by atoms with Gasteiger partial charge in [0.1, 0.15) is 5.82 Å². The number of amides is 1. The first kappa shape index (κ1) is 18.1. The summed E-state index contributed by atoms with van der Waals surface area (Å²) in [6.07, 6.45) is 2.66. The van der Waals surface area contributed by atoms with Crippen LogP contribution in [0.4, 0.5) is 10.1 Å². The van der Waals surface area contributed by atoms with E-state index in [2.05, 4.69) is 55.4 Å². The summed E-state index contributed by atoms with van der Waals surface area (Å²) in [5, 5.41) is 3.98. The topological polar surface area (TPSA) is 44.7 Å². The molecule has 5 heteroatoms. The summed E-state index contributed by atoms with van der Waals surface area (Å²) in [5.41, 5.74) is 5.88. The fraction of sp³-hybridized carbons (Fsp3) is 0.333. The average Bonchev–Trinajstić information content (AvgIpc) is 2.60. The number of nitrogens with one attached hydrogen (secondary N) is 1. The van der Waals surface area contributed by atoms with Gasteiger partial charge in [-0.15, -0.1) is 0 Å². The van der Waals surface area contributed by atoms with Gasteiger partial charge in [0.15, 0.2) is 0 Å². The Morgan fingerprint density at radius 1 is 1.31 bits per heavy atom. The van der Waals surface area contributed by atoms with Crippen LogP contribution in [-0.2, 0) is 0 Å². The predicted octanol–water partition coefficient (Wildman–Crippen LogP) is 4.31. The smallest absolute Gasteiger partial charge is 0.274 e. The standard InChI is InChI=1S/C21H24FN3O/c1-14-12-21(2,3)25(4)19-10-9-15(11-17(14)19)13-23-24-20(26)16-7-5-6-8-18(16)22/h5-11,13-14H,12H2,1-4H3,(H,24,26)/b23-13+. The summed E-state index contributed by atoms with van der Waals surface area (Å²) in [7, 11) is 2.12. The number of benzene rings is 2. The molecule has 1 aliphatic heterocycles. The van der Waals surface area contributed by atoms with Crippen molar-refractivity contribution in [2.75, 3.05) is 11.9 Å². The molecule has 0 saturated carbocycles. The Balaban J connectivity index is 1.76. The highest BCUT2D eigenvalue weighted by Crippen LogP contribution is 2.42. The van der Waals surface area contributed by atoms with Crippen LogP contribution < -0.4 is 10.3 Å². The summed E-state index contributed by atoms with van der Waals surface area (Å²) >= 11 is 0. The Hall–Kier alpha value is -2.69. The van der Waals surface area contributed by atoms with E-state index in [-0.39, 0.29) is 11.1 Å². The SMILES string of the molecule is CC1CC(C)(C)N(C)c2ccc(/C=N/NC(=O)c3ccccc3F)cc21. The highest BCUT2D eigenvalue weighted by Gasteiger charge is 2.33. The zero-order valence-electron chi connectivity index (χ0n) is 15.6. The van der Waals surface area contributed by atoms with Crippen LogP contribution in [0.15, 0.2) is 47.6 Å². The Morgan fingerprint density at radius 2 is 2.04 bits per heavy atom. The Kier molecular flexibility index (Phi) is 4.81. The van der Waals surface area contributed by atoms with Gasteiger partial charge < -0.3 is 4.90 Å². The molecule has 1 unspecified atom stereocenters. The molecule has 1 aliphatic rings. The van der Waals surface area contributed by atoms with Gasteiger partial charge >= 0.3 is 0 Å². The molecule has 0 saturated heterocycles. The van der Waals surface area contributed by atoms with Gasteiger partial charge in [-0.1, -0.05) is 25.1 Å². The molecule has 0 spiro atoms. The van der Waals surface area contributed by atoms with Gasteiger partial charge in [-0.3, -0.25) is 4.79 Å². The molecule has 0 aliphatic carbocycles. The van der Waals surface area contributed by atoms with Crippen molar-refractivity contribution in [1.82, 2.24) is 5.43 Å². The number of anilines is 1. The van der Waals surface area contributed by atoms with Gasteiger partial charge in [-0.05, 0) is 61.6 Å². The minimum absolute atomic E-state index is 0.0208. The van der Waals surface area contributed by atoms with Crippen LogP contribution in [0, 0.1) is 5.82 Å². The third-order valence-electron chi connectivity index (χ3n) is 5.16. The summed E-state index contributed by atoms with van der Waals surface area (Å²) in [6.45, 7) is 6.73. The van der Waals surface area contributed by atoms with Gasteiger partial charge in [-0.2, -0.15) is 5.10 Å². The number of nitrogens with zero attached hydrogens (tertiary/aromatic N) is 2. The molecule has 4 nitrogen and oxygen atoms in total. The number of hydrazone groups is 1. The largest absolute Gasteiger partial charge is 0.369 e. The first-order chi connectivity index (χ1) is 12.3. The lowest BCUT2D eigenvalue weighted by molar-refractivity contribution is 0.0951. The number of carbonyl (C=O) groups excluding carboxylic acids is 1. The van der Waals surface area contributed by atoms with Crippen molar-refractivity contribution in [3.05, 3.63) is 65.0 Å². The maximum atomic E-state index is 13.6. The lowest BCUT2D eigenvalue weighted by Crippen LogP contribution is -2.45. The van der Waals surface area contributed by atoms with Crippen LogP contribution in [0.1, 0.15) is 54.6 Å². The maximum absolute atomic E-state index is 13.6. The van der Waals surface area contributed by atoms with Crippen molar-refractivity contribution in [2.24, 2.45) is 5.10 Å². The van der Waals surface area contributed by atoms with Crippen molar-refractivity contribution in [3.63, 3.8) is 0 Å². The van der Waals surface area contributed by atoms with Crippen molar-refractivity contribution in [1.29, 1.82) is 0 Å². The third kappa shape index (κ3) is 3.47. The fourth-order valence-corrected chi connectivity index (χ4v) is 3.55. The van der Waals surface area contributed by atoms with Crippen molar-refractivity contribution in [2.45, 2.75) is 38.6 Å². The van der Waals surface area contributed by atoms with Crippen LogP contribution in [0.25, 0.3) is 0 Å². The molecule has 1 atom stereocenters. The molecule has 2 aromatic carbocycles. The zero-order valence-corrected chi connectivity index (χ0v) is 15.6. The van der Waals surface area contributed by atoms with Gasteiger partial charge in [0.05, 0.1) is 11.8 Å². The molecule has 0 aromatic heterocycles. The maximum Gasteiger partial charge on any atom is 0.274 e. The van der Waals surface area contributed by atoms with E-state index in [0.29, 0.717) is 5.92 Å². The van der Waals surface area contributed by atoms with E-state index < -0.39 is 11.7 Å². The van der Waals surface area contributed by atoms with Gasteiger partial charge in [-0.25, -0.2) is 9.82 Å². The summed E-state index contributed by atoms with van der Waals surface area (Å²) in [4.78, 5) is 14.3. The lowest BCUT2D eigenvalue weighted by Gasteiger charge is -2.45. The molecule has 1 N–H and O–H groups in total. The average molecular weight is 353 g/mol. The Bertz CT molecular complexity index is 860. The molecule has 2 aromatic rings. The Morgan fingerprint density at radius 3 is 2.77 bits per heavy atom. The molecule has 0 radical (unpaired) electrons. The molecular formula is C21H24FN3O. The van der Waals surface area contributed by atoms with Gasteiger partial charge in [0.2, 0.25) is 0 Å². The second-order valence-corrected chi connectivity index (χ2v) is 7.47. The first-order valence-electron chi connectivity index (χ1n) is 8.75. The molecule has 0 fully saturated rings. The zero-order chi connectivity index (χ0) is 18.9. The quantitative estimate of drug-likeness (QED) is 0.660. The minimum atomic E-state index is -0.563. The molecule has 1 amide bonds. The second-order valence-electron chi connectivity index (χ2n) is 7.47. The first-order valence-corrected chi connectivity index (χ1v) is 8.75. The van der Waals surface area contributed by atoms with E-state index in [1.807, 2.05) is 6.07 Å². The number of halogens is 1. The van der Waals surface area contributed by atoms with E-state index in [4.69, 9.17) is 0 Å². The third-order valence-corrected chi connectivity index (χ3v) is 5.16. The fourth-order valence-electron chi connectivity index (χ4n) is 3.55. The van der Waals surface area contributed by atoms with E-state index in [1.54, 1.807) is 18.3 Å². The minimum Gasteiger partial charge on any atom is -0.369 e. The number of hydrogen-bond donors (Lipinski definition) is 1. The van der Waals surface area contributed by atoms with Crippen molar-refractivity contribution in [3.8, 4) is 0 Å². The van der Waals surface area contributed by atoms with Crippen LogP contribution in [-0.4, -0.2) is 24.7 Å². The molecule has 3 rings (SSSR count). The molecule has 26 heavy (non-hydrogen) atoms. The summed E-state index contributed by atoms with van der Waals surface area (Å²) < 4.78 is 13.6. The van der Waals surface area contributed by atoms with E-state index in [1.165, 1.54) is 23.4 Å². The predicted molar refractivity (Wildman–Crippen MR) is 103 cm³/mol. The normalized spacial score (nSPS) is 18.7. The molecular weight excluding hydrogens is 329 g/mol. The van der Waals surface area contributed by atoms with Crippen LogP contribution in [0.5, 0.6) is 0 Å². The van der Waals surface area contributed by atoms with Crippen LogP contribution in [0.2, 0.25) is 0 Å². The van der Waals surface area contributed by atoms with E-state index in [0.717, 1.165) is 12.0 Å². The molecule has 136 valence electrons. The van der Waals surface area contributed by atoms with Crippen LogP contribution >= 0.6 is 0 Å². The van der Waals surface area contributed by atoms with E-state index in [9.17, 15) is 9.18 Å². The summed E-state index contributed by atoms with van der Waals surface area (Å²) in [5.74, 6) is -0.682. The summed E-state index contributed by atoms with van der Waals surface area (Å²) in [6, 6.07) is 12.0. The van der Waals surface area contributed by atoms with Gasteiger partial charge in [0.25, 0.3) is 5.91 Å². The van der Waals surface area contributed by atoms with Crippen molar-refractivity contribution >= 4 is 17.8 Å².